The molecule has 2 aliphatic carbocycles. The number of carbonyl (C=O) groups is 2. The third-order valence-electron chi connectivity index (χ3n) is 4.34. The molecule has 2 aliphatic rings. The normalized spacial score (nSPS) is 36.3. The fourth-order valence-electron chi connectivity index (χ4n) is 3.73. The Morgan fingerprint density at radius 3 is 2.69 bits per heavy atom. The van der Waals surface area contributed by atoms with E-state index in [0.29, 0.717) is 11.8 Å². The van der Waals surface area contributed by atoms with Crippen molar-refractivity contribution in [2.75, 3.05) is 7.11 Å². The molecule has 0 aliphatic heterocycles. The molecule has 0 bridgehead atoms. The van der Waals surface area contributed by atoms with Gasteiger partial charge in [0, 0.05) is 0 Å². The van der Waals surface area contributed by atoms with Crippen LogP contribution in [0, 0.1) is 17.3 Å². The lowest BCUT2D eigenvalue weighted by Crippen LogP contribution is -2.48. The average Bonchev–Trinajstić information content (AvgIpc) is 2.59. The molecule has 0 aromatic heterocycles. The number of esters is 1. The fraction of sp³-hybridized carbons (Fsp3) is 0.833. The third-order valence-corrected chi connectivity index (χ3v) is 4.34. The van der Waals surface area contributed by atoms with E-state index in [0.717, 1.165) is 12.8 Å². The van der Waals surface area contributed by atoms with Crippen LogP contribution in [0.1, 0.15) is 38.5 Å². The maximum absolute atomic E-state index is 11.4. The van der Waals surface area contributed by atoms with Gasteiger partial charge in [-0.2, -0.15) is 0 Å². The van der Waals surface area contributed by atoms with Crippen molar-refractivity contribution in [1.29, 1.82) is 0 Å². The molecule has 0 unspecified atom stereocenters. The first-order valence-corrected chi connectivity index (χ1v) is 5.86. The van der Waals surface area contributed by atoms with Gasteiger partial charge in [0.2, 0.25) is 0 Å². The van der Waals surface area contributed by atoms with E-state index >= 15 is 0 Å². The number of aliphatic carboxylic acids is 1. The third kappa shape index (κ3) is 1.81. The SMILES string of the molecule is COC(=O)C[C@]1(CC(=O)O)C[C@H]2CCC[C@H]21. The van der Waals surface area contributed by atoms with Crippen LogP contribution in [0.25, 0.3) is 0 Å². The van der Waals surface area contributed by atoms with Gasteiger partial charge in [0.15, 0.2) is 0 Å². The second-order valence-electron chi connectivity index (χ2n) is 5.19. The number of carboxylic acid groups (broad SMARTS) is 1. The van der Waals surface area contributed by atoms with E-state index in [4.69, 9.17) is 5.11 Å². The summed E-state index contributed by atoms with van der Waals surface area (Å²) in [5.74, 6) is 0.0209. The number of hydrogen-bond donors (Lipinski definition) is 1. The van der Waals surface area contributed by atoms with E-state index in [1.165, 1.54) is 20.0 Å². The summed E-state index contributed by atoms with van der Waals surface area (Å²) in [6, 6.07) is 0. The molecule has 2 saturated carbocycles. The van der Waals surface area contributed by atoms with Gasteiger partial charge in [0.05, 0.1) is 20.0 Å². The highest BCUT2D eigenvalue weighted by Gasteiger charge is 2.56. The highest BCUT2D eigenvalue weighted by atomic mass is 16.5. The van der Waals surface area contributed by atoms with Crippen LogP contribution in [0.5, 0.6) is 0 Å². The highest BCUT2D eigenvalue weighted by Crippen LogP contribution is 2.62. The molecule has 2 rings (SSSR count). The molecule has 90 valence electrons. The van der Waals surface area contributed by atoms with Crippen molar-refractivity contribution in [2.45, 2.75) is 38.5 Å². The molecule has 0 amide bonds. The molecular formula is C12H18O4. The van der Waals surface area contributed by atoms with Gasteiger partial charge in [0.1, 0.15) is 0 Å². The molecule has 3 atom stereocenters. The van der Waals surface area contributed by atoms with Crippen molar-refractivity contribution in [2.24, 2.45) is 17.3 Å². The van der Waals surface area contributed by atoms with Crippen LogP contribution >= 0.6 is 0 Å². The van der Waals surface area contributed by atoms with Crippen LogP contribution in [-0.2, 0) is 14.3 Å². The van der Waals surface area contributed by atoms with Gasteiger partial charge in [-0.3, -0.25) is 9.59 Å². The fourth-order valence-corrected chi connectivity index (χ4v) is 3.73. The van der Waals surface area contributed by atoms with Gasteiger partial charge in [0.25, 0.3) is 0 Å². The van der Waals surface area contributed by atoms with E-state index in [-0.39, 0.29) is 24.2 Å². The summed E-state index contributed by atoms with van der Waals surface area (Å²) in [6.45, 7) is 0. The second-order valence-corrected chi connectivity index (χ2v) is 5.19. The maximum Gasteiger partial charge on any atom is 0.306 e. The van der Waals surface area contributed by atoms with Crippen molar-refractivity contribution in [3.8, 4) is 0 Å². The van der Waals surface area contributed by atoms with Crippen molar-refractivity contribution in [3.05, 3.63) is 0 Å². The first kappa shape index (κ1) is 11.4. The Balaban J connectivity index is 2.08. The van der Waals surface area contributed by atoms with Crippen molar-refractivity contribution < 1.29 is 19.4 Å². The molecule has 16 heavy (non-hydrogen) atoms. The Labute approximate surface area is 95.0 Å². The maximum atomic E-state index is 11.4. The Kier molecular flexibility index (Phi) is 2.91. The van der Waals surface area contributed by atoms with Gasteiger partial charge in [-0.25, -0.2) is 0 Å². The van der Waals surface area contributed by atoms with Crippen LogP contribution in [0.15, 0.2) is 0 Å². The second kappa shape index (κ2) is 4.07. The van der Waals surface area contributed by atoms with Crippen LogP contribution in [0.4, 0.5) is 0 Å². The average molecular weight is 226 g/mol. The quantitative estimate of drug-likeness (QED) is 0.743. The Hall–Kier alpha value is -1.06. The van der Waals surface area contributed by atoms with Crippen molar-refractivity contribution >= 4 is 11.9 Å². The summed E-state index contributed by atoms with van der Waals surface area (Å²) in [6.07, 6.45) is 4.74. The molecule has 0 radical (unpaired) electrons. The number of ether oxygens (including phenoxy) is 1. The van der Waals surface area contributed by atoms with Crippen molar-refractivity contribution in [1.82, 2.24) is 0 Å². The van der Waals surface area contributed by atoms with Gasteiger partial charge < -0.3 is 9.84 Å². The smallest absolute Gasteiger partial charge is 0.306 e. The van der Waals surface area contributed by atoms with Crippen LogP contribution in [-0.4, -0.2) is 24.2 Å². The Morgan fingerprint density at radius 1 is 1.38 bits per heavy atom. The lowest BCUT2D eigenvalue weighted by atomic mass is 9.52. The van der Waals surface area contributed by atoms with E-state index in [1.54, 1.807) is 0 Å². The zero-order valence-electron chi connectivity index (χ0n) is 9.57. The largest absolute Gasteiger partial charge is 0.481 e. The summed E-state index contributed by atoms with van der Waals surface area (Å²) >= 11 is 0. The predicted octanol–water partition coefficient (Wildman–Crippen LogP) is 1.83. The summed E-state index contributed by atoms with van der Waals surface area (Å²) in [4.78, 5) is 22.3. The molecule has 4 nitrogen and oxygen atoms in total. The lowest BCUT2D eigenvalue weighted by molar-refractivity contribution is -0.156. The van der Waals surface area contributed by atoms with Gasteiger partial charge in [-0.15, -0.1) is 0 Å². The molecule has 0 heterocycles. The number of methoxy groups -OCH3 is 1. The molecule has 0 spiro atoms. The van der Waals surface area contributed by atoms with Crippen LogP contribution in [0.3, 0.4) is 0 Å². The van der Waals surface area contributed by atoms with E-state index in [2.05, 4.69) is 4.74 Å². The summed E-state index contributed by atoms with van der Waals surface area (Å²) in [5, 5.41) is 8.97. The minimum Gasteiger partial charge on any atom is -0.481 e. The number of fused-ring (bicyclic) bond motifs is 1. The van der Waals surface area contributed by atoms with E-state index in [9.17, 15) is 9.59 Å². The zero-order chi connectivity index (χ0) is 11.8. The first-order valence-electron chi connectivity index (χ1n) is 5.86. The summed E-state index contributed by atoms with van der Waals surface area (Å²) in [5.41, 5.74) is -0.305. The van der Waals surface area contributed by atoms with E-state index < -0.39 is 5.97 Å². The topological polar surface area (TPSA) is 63.6 Å². The molecule has 0 aromatic rings. The molecule has 0 aromatic carbocycles. The Bertz CT molecular complexity index is 312. The first-order chi connectivity index (χ1) is 7.57. The number of hydrogen-bond acceptors (Lipinski definition) is 3. The summed E-state index contributed by atoms with van der Waals surface area (Å²) in [7, 11) is 1.36. The summed E-state index contributed by atoms with van der Waals surface area (Å²) < 4.78 is 4.68. The van der Waals surface area contributed by atoms with Gasteiger partial charge in [-0.1, -0.05) is 12.8 Å². The van der Waals surface area contributed by atoms with Crippen LogP contribution in [0.2, 0.25) is 0 Å². The predicted molar refractivity (Wildman–Crippen MR) is 56.8 cm³/mol. The zero-order valence-corrected chi connectivity index (χ0v) is 9.57. The minimum atomic E-state index is -0.797. The molecule has 4 heteroatoms. The van der Waals surface area contributed by atoms with Gasteiger partial charge >= 0.3 is 11.9 Å². The highest BCUT2D eigenvalue weighted by molar-refractivity contribution is 5.73. The molecule has 2 fully saturated rings. The number of rotatable bonds is 4. The monoisotopic (exact) mass is 226 g/mol. The lowest BCUT2D eigenvalue weighted by Gasteiger charge is -2.51. The number of carboxylic acids is 1. The van der Waals surface area contributed by atoms with E-state index in [1.807, 2.05) is 0 Å². The molecule has 0 saturated heterocycles. The van der Waals surface area contributed by atoms with Gasteiger partial charge in [-0.05, 0) is 30.1 Å². The number of carbonyl (C=O) groups excluding carboxylic acids is 1. The van der Waals surface area contributed by atoms with Crippen molar-refractivity contribution in [3.63, 3.8) is 0 Å². The molecule has 1 N–H and O–H groups in total. The standard InChI is InChI=1S/C12H18O4/c1-16-11(15)7-12(6-10(13)14)5-8-3-2-4-9(8)12/h8-9H,2-7H2,1H3,(H,13,14)/t8-,9-,12-/m1/s1. The molecular weight excluding hydrogens is 208 g/mol. The Morgan fingerprint density at radius 2 is 2.12 bits per heavy atom. The van der Waals surface area contributed by atoms with Crippen LogP contribution < -0.4 is 0 Å². The minimum absolute atomic E-state index is 0.114.